The van der Waals surface area contributed by atoms with Crippen molar-refractivity contribution in [2.45, 2.75) is 91.9 Å². The minimum absolute atomic E-state index is 0. The molecule has 0 spiro atoms. The first kappa shape index (κ1) is 37.1. The molecule has 0 saturated heterocycles. The van der Waals surface area contributed by atoms with Gasteiger partial charge in [0.15, 0.2) is 0 Å². The summed E-state index contributed by atoms with van der Waals surface area (Å²) in [6.45, 7) is 28.5. The van der Waals surface area contributed by atoms with Gasteiger partial charge in [-0.05, 0) is 28.4 Å². The van der Waals surface area contributed by atoms with Crippen LogP contribution in [0.5, 0.6) is 0 Å². The van der Waals surface area contributed by atoms with E-state index in [-0.39, 0.29) is 61.8 Å². The summed E-state index contributed by atoms with van der Waals surface area (Å²) in [6, 6.07) is 21.7. The van der Waals surface area contributed by atoms with Gasteiger partial charge >= 0.3 is 26.2 Å². The molecule has 3 heteroatoms. The molecule has 3 aromatic carbocycles. The van der Waals surface area contributed by atoms with E-state index in [4.69, 9.17) is 0 Å². The normalized spacial score (nSPS) is 11.6. The fourth-order valence-corrected chi connectivity index (χ4v) is 4.38. The maximum atomic E-state index is 3.67. The third-order valence-corrected chi connectivity index (χ3v) is 6.31. The summed E-state index contributed by atoms with van der Waals surface area (Å²) < 4.78 is 0. The minimum Gasteiger partial charge on any atom is -1.00 e. The molecule has 0 unspecified atom stereocenters. The Kier molecular flexibility index (Phi) is 14.7. The van der Waals surface area contributed by atoms with Crippen LogP contribution in [0.3, 0.4) is 0 Å². The molecule has 0 fully saturated rings. The summed E-state index contributed by atoms with van der Waals surface area (Å²) in [4.78, 5) is 0. The van der Waals surface area contributed by atoms with Gasteiger partial charge in [-0.1, -0.05) is 98.4 Å². The number of hydrogen-bond acceptors (Lipinski definition) is 0. The summed E-state index contributed by atoms with van der Waals surface area (Å²) in [7, 11) is 0. The Morgan fingerprint density at radius 3 is 1.75 bits per heavy atom. The Labute approximate surface area is 253 Å². The summed E-state index contributed by atoms with van der Waals surface area (Å²) in [6.07, 6.45) is 1.03. The van der Waals surface area contributed by atoms with E-state index in [0.717, 1.165) is 6.42 Å². The molecule has 0 atom stereocenters. The number of aryl methyl sites for hydroxylation is 1. The standard InChI is InChI=1S/C21H25.C10H15.C2H4.2ClH.Zr/c1-20(2,3)16-7-9-18-14(12-16)11-15-13-17(21(4,5)6)8-10-19(15)18;1-8-6-5-7-9(8)10(2,3)4;1-2;;;/h7-10,12H,11H2,1-6H3;5-7H,1-4H3;1-2H2;2*1H;/q2*-1;;;;+4/p-2. The second kappa shape index (κ2) is 14.2. The third-order valence-electron chi connectivity index (χ3n) is 6.31. The average Bonchev–Trinajstić information content (AvgIpc) is 3.30. The van der Waals surface area contributed by atoms with Gasteiger partial charge < -0.3 is 24.8 Å². The van der Waals surface area contributed by atoms with Crippen LogP contribution in [0, 0.1) is 13.0 Å². The van der Waals surface area contributed by atoms with E-state index < -0.39 is 0 Å². The van der Waals surface area contributed by atoms with Crippen molar-refractivity contribution < 1.29 is 51.0 Å². The van der Waals surface area contributed by atoms with Crippen LogP contribution in [0.25, 0.3) is 11.1 Å². The third kappa shape index (κ3) is 9.08. The van der Waals surface area contributed by atoms with Gasteiger partial charge in [0.2, 0.25) is 0 Å². The number of rotatable bonds is 0. The van der Waals surface area contributed by atoms with E-state index in [1.165, 1.54) is 44.5 Å². The van der Waals surface area contributed by atoms with Crippen LogP contribution in [0.2, 0.25) is 0 Å². The van der Waals surface area contributed by atoms with Gasteiger partial charge in [-0.25, -0.2) is 12.1 Å². The Morgan fingerprint density at radius 1 is 0.778 bits per heavy atom. The number of benzene rings is 2. The van der Waals surface area contributed by atoms with Crippen molar-refractivity contribution in [1.29, 1.82) is 0 Å². The fourth-order valence-electron chi connectivity index (χ4n) is 4.38. The predicted octanol–water partition coefficient (Wildman–Crippen LogP) is 3.47. The first-order chi connectivity index (χ1) is 15.2. The SMILES string of the molecule is C=C.CC(C)(C)c1[c-]c2c(cc1)-c1ccc(C(C)(C)C)cc1C2.Cc1ccc[c-]1C(C)(C)C.[Cl-].[Cl-].[Zr+4]. The van der Waals surface area contributed by atoms with Crippen molar-refractivity contribution in [1.82, 2.24) is 0 Å². The van der Waals surface area contributed by atoms with E-state index in [2.05, 4.69) is 137 Å². The first-order valence-corrected chi connectivity index (χ1v) is 12.1. The Bertz CT molecular complexity index is 1020. The van der Waals surface area contributed by atoms with E-state index >= 15 is 0 Å². The summed E-state index contributed by atoms with van der Waals surface area (Å²) in [5, 5.41) is 0. The van der Waals surface area contributed by atoms with Crippen molar-refractivity contribution in [3.05, 3.63) is 101 Å². The molecule has 0 radical (unpaired) electrons. The van der Waals surface area contributed by atoms with E-state index in [1.807, 2.05) is 0 Å². The monoisotopic (exact) mass is 600 g/mol. The molecule has 0 amide bonds. The second-order valence-corrected chi connectivity index (χ2v) is 12.2. The smallest absolute Gasteiger partial charge is 1.00 e. The summed E-state index contributed by atoms with van der Waals surface area (Å²) >= 11 is 0. The van der Waals surface area contributed by atoms with Crippen LogP contribution < -0.4 is 24.8 Å². The maximum absolute atomic E-state index is 3.67. The molecule has 0 saturated carbocycles. The number of halogens is 2. The van der Waals surface area contributed by atoms with Gasteiger partial charge in [0.05, 0.1) is 0 Å². The number of hydrogen-bond donors (Lipinski definition) is 0. The average molecular weight is 603 g/mol. The molecule has 0 bridgehead atoms. The largest absolute Gasteiger partial charge is 4.00 e. The molecular formula is C33H44Cl2Zr. The van der Waals surface area contributed by atoms with Crippen LogP contribution >= 0.6 is 0 Å². The Morgan fingerprint density at radius 2 is 1.33 bits per heavy atom. The molecule has 194 valence electrons. The molecule has 3 aromatic rings. The molecule has 0 aromatic heterocycles. The van der Waals surface area contributed by atoms with Crippen molar-refractivity contribution >= 4 is 0 Å². The van der Waals surface area contributed by atoms with Gasteiger partial charge in [-0.15, -0.1) is 29.8 Å². The van der Waals surface area contributed by atoms with Gasteiger partial charge in [-0.2, -0.15) is 35.4 Å². The van der Waals surface area contributed by atoms with Crippen molar-refractivity contribution in [3.63, 3.8) is 0 Å². The van der Waals surface area contributed by atoms with Crippen molar-refractivity contribution in [2.24, 2.45) is 0 Å². The van der Waals surface area contributed by atoms with Gasteiger partial charge in [-0.3, -0.25) is 0 Å². The molecular weight excluding hydrogens is 558 g/mol. The van der Waals surface area contributed by atoms with Crippen LogP contribution in [0.15, 0.2) is 61.7 Å². The van der Waals surface area contributed by atoms with Gasteiger partial charge in [0, 0.05) is 0 Å². The van der Waals surface area contributed by atoms with Crippen molar-refractivity contribution in [2.75, 3.05) is 0 Å². The van der Waals surface area contributed by atoms with Crippen LogP contribution in [0.1, 0.15) is 95.7 Å². The zero-order valence-corrected chi connectivity index (χ0v) is 28.0. The van der Waals surface area contributed by atoms with Crippen LogP contribution in [0.4, 0.5) is 0 Å². The summed E-state index contributed by atoms with van der Waals surface area (Å²) in [5.74, 6) is 0. The topological polar surface area (TPSA) is 0 Å². The molecule has 0 heterocycles. The molecule has 0 N–H and O–H groups in total. The van der Waals surface area contributed by atoms with Crippen LogP contribution in [-0.4, -0.2) is 0 Å². The molecule has 4 rings (SSSR count). The quantitative estimate of drug-likeness (QED) is 0.214. The van der Waals surface area contributed by atoms with E-state index in [0.29, 0.717) is 5.41 Å². The van der Waals surface area contributed by atoms with E-state index in [9.17, 15) is 0 Å². The molecule has 0 aliphatic heterocycles. The molecule has 0 nitrogen and oxygen atoms in total. The number of fused-ring (bicyclic) bond motifs is 3. The Balaban J connectivity index is 0. The Hall–Kier alpha value is -1.01. The van der Waals surface area contributed by atoms with Crippen LogP contribution in [-0.2, 0) is 48.9 Å². The van der Waals surface area contributed by atoms with Crippen molar-refractivity contribution in [3.8, 4) is 11.1 Å². The van der Waals surface area contributed by atoms with Gasteiger partial charge in [0.1, 0.15) is 0 Å². The zero-order chi connectivity index (χ0) is 25.2. The minimum atomic E-state index is 0. The van der Waals surface area contributed by atoms with E-state index in [1.54, 1.807) is 0 Å². The zero-order valence-electron chi connectivity index (χ0n) is 24.0. The predicted molar refractivity (Wildman–Crippen MR) is 148 cm³/mol. The van der Waals surface area contributed by atoms with Gasteiger partial charge in [0.25, 0.3) is 0 Å². The molecule has 1 aliphatic rings. The first-order valence-electron chi connectivity index (χ1n) is 12.1. The maximum Gasteiger partial charge on any atom is 4.00 e. The molecule has 36 heavy (non-hydrogen) atoms. The molecule has 1 aliphatic carbocycles. The second-order valence-electron chi connectivity index (χ2n) is 12.2. The summed E-state index contributed by atoms with van der Waals surface area (Å²) in [5.41, 5.74) is 11.9. The fraction of sp³-hybridized carbons (Fsp3) is 0.424.